The zero-order valence-corrected chi connectivity index (χ0v) is 45.2. The van der Waals surface area contributed by atoms with Crippen LogP contribution in [0.1, 0.15) is 233 Å². The summed E-state index contributed by atoms with van der Waals surface area (Å²) in [4.78, 5) is 44.1. The molecule has 14 heteroatoms. The quantitative estimate of drug-likeness (QED) is 0.0264. The van der Waals surface area contributed by atoms with Crippen LogP contribution in [0.5, 0.6) is 0 Å². The predicted molar refractivity (Wildman–Crippen MR) is 281 cm³/mol. The fourth-order valence-electron chi connectivity index (χ4n) is 8.55. The van der Waals surface area contributed by atoms with Crippen molar-refractivity contribution in [3.8, 4) is 0 Å². The highest BCUT2D eigenvalue weighted by Gasteiger charge is 2.26. The highest BCUT2D eigenvalue weighted by atomic mass is 32.2. The topological polar surface area (TPSA) is 165 Å². The van der Waals surface area contributed by atoms with Gasteiger partial charge in [-0.15, -0.1) is 0 Å². The van der Waals surface area contributed by atoms with Gasteiger partial charge in [0.1, 0.15) is 0 Å². The van der Waals surface area contributed by atoms with E-state index in [0.29, 0.717) is 13.1 Å². The molecule has 0 saturated carbocycles. The average Bonchev–Trinajstić information content (AvgIpc) is 3.29. The summed E-state index contributed by atoms with van der Waals surface area (Å²) >= 11 is 0. The lowest BCUT2D eigenvalue weighted by Gasteiger charge is -2.23. The Morgan fingerprint density at radius 1 is 0.394 bits per heavy atom. The van der Waals surface area contributed by atoms with Gasteiger partial charge in [0, 0.05) is 70.5 Å². The molecule has 0 aromatic carbocycles. The highest BCUT2D eigenvalue weighted by Crippen LogP contribution is 2.47. The number of nitrogens with one attached hydrogen (secondary N) is 3. The number of carbonyl (C=O) groups is 3. The molecule has 0 spiro atoms. The third-order valence-corrected chi connectivity index (χ3v) is 16.9. The van der Waals surface area contributed by atoms with Crippen molar-refractivity contribution in [2.45, 2.75) is 233 Å². The first-order valence-corrected chi connectivity index (χ1v) is 31.5. The van der Waals surface area contributed by atoms with Gasteiger partial charge in [0.25, 0.3) is 10.1 Å². The lowest BCUT2D eigenvalue weighted by atomic mass is 10.1. The van der Waals surface area contributed by atoms with Crippen LogP contribution in [0.4, 0.5) is 0 Å². The molecule has 3 amide bonds. The minimum atomic E-state index is -4.13. The molecule has 0 rings (SSSR count). The summed E-state index contributed by atoms with van der Waals surface area (Å²) in [6.07, 6.45) is 35.9. The Morgan fingerprint density at radius 3 is 0.924 bits per heavy atom. The number of hydrogen-bond acceptors (Lipinski definition) is 8. The van der Waals surface area contributed by atoms with Crippen molar-refractivity contribution in [2.24, 2.45) is 0 Å². The maximum Gasteiger partial charge on any atom is 0.264 e. The maximum atomic E-state index is 14.4. The van der Waals surface area contributed by atoms with Crippen molar-refractivity contribution >= 4 is 35.0 Å². The highest BCUT2D eigenvalue weighted by molar-refractivity contribution is 7.85. The Kier molecular flexibility index (Phi) is 44.8. The summed E-state index contributed by atoms with van der Waals surface area (Å²) in [6, 6.07) is 0. The fraction of sp³-hybridized carbons (Fsp3) is 0.942. The predicted octanol–water partition coefficient (Wildman–Crippen LogP) is 11.8. The van der Waals surface area contributed by atoms with Crippen molar-refractivity contribution in [1.82, 2.24) is 25.8 Å². The molecule has 0 aliphatic heterocycles. The van der Waals surface area contributed by atoms with E-state index >= 15 is 0 Å². The molecule has 392 valence electrons. The largest absolute Gasteiger partial charge is 0.356 e. The summed E-state index contributed by atoms with van der Waals surface area (Å²) < 4.78 is 45.6. The van der Waals surface area contributed by atoms with Crippen LogP contribution in [-0.4, -0.2) is 124 Å². The van der Waals surface area contributed by atoms with Crippen molar-refractivity contribution < 1.29 is 31.9 Å². The number of carbonyl (C=O) groups excluding carboxylic acids is 3. The molecule has 0 heterocycles. The first-order chi connectivity index (χ1) is 31.9. The monoisotopic (exact) mass is 976 g/mol. The Balaban J connectivity index is 5.31. The molecule has 66 heavy (non-hydrogen) atoms. The van der Waals surface area contributed by atoms with Gasteiger partial charge in [-0.3, -0.25) is 18.9 Å². The normalized spacial score (nSPS) is 12.0. The van der Waals surface area contributed by atoms with Gasteiger partial charge in [0.15, 0.2) is 0 Å². The first-order valence-electron chi connectivity index (χ1n) is 27.6. The molecular formula is C52H106N5O7PS. The molecule has 0 bridgehead atoms. The lowest BCUT2D eigenvalue weighted by molar-refractivity contribution is -0.121. The van der Waals surface area contributed by atoms with E-state index in [9.17, 15) is 27.4 Å². The van der Waals surface area contributed by atoms with E-state index in [4.69, 9.17) is 4.55 Å². The summed E-state index contributed by atoms with van der Waals surface area (Å²) in [5, 5.41) is 8.80. The minimum absolute atomic E-state index is 0.0509. The van der Waals surface area contributed by atoms with Crippen LogP contribution in [0.15, 0.2) is 0 Å². The molecule has 0 aliphatic carbocycles. The molecule has 0 aliphatic rings. The molecule has 4 N–H and O–H groups in total. The molecule has 0 atom stereocenters. The molecule has 12 nitrogen and oxygen atoms in total. The number of unbranched alkanes of at least 4 members (excludes halogenated alkanes) is 24. The zero-order chi connectivity index (χ0) is 48.8. The third kappa shape index (κ3) is 44.9. The van der Waals surface area contributed by atoms with Crippen LogP contribution in [0.25, 0.3) is 0 Å². The van der Waals surface area contributed by atoms with Gasteiger partial charge in [0.2, 0.25) is 17.7 Å². The SMILES string of the molecule is CCCCCCCCCN(CCCCCCCCC)CCNC(=O)CCP(=O)(CCC(=O)NCCCS(=O)(=O)O)CCC(=O)NCCN(CCCCCCCCC)CCCCCCCCC. The van der Waals surface area contributed by atoms with Crippen molar-refractivity contribution in [2.75, 3.05) is 83.1 Å². The smallest absolute Gasteiger partial charge is 0.264 e. The lowest BCUT2D eigenvalue weighted by Crippen LogP contribution is -2.36. The summed E-state index contributed by atoms with van der Waals surface area (Å²) in [5.74, 6) is -1.16. The van der Waals surface area contributed by atoms with Crippen LogP contribution >= 0.6 is 7.14 Å². The maximum absolute atomic E-state index is 14.4. The first kappa shape index (κ1) is 64.5. The summed E-state index contributed by atoms with van der Waals surface area (Å²) in [6.45, 7) is 15.8. The summed E-state index contributed by atoms with van der Waals surface area (Å²) in [5.41, 5.74) is 0. The molecule has 0 saturated heterocycles. The van der Waals surface area contributed by atoms with Gasteiger partial charge in [-0.25, -0.2) is 0 Å². The van der Waals surface area contributed by atoms with E-state index < -0.39 is 23.0 Å². The molecule has 0 radical (unpaired) electrons. The second-order valence-corrected chi connectivity index (χ2v) is 24.4. The van der Waals surface area contributed by atoms with E-state index in [1.807, 2.05) is 0 Å². The Bertz CT molecular complexity index is 1210. The van der Waals surface area contributed by atoms with Crippen molar-refractivity contribution in [3.63, 3.8) is 0 Å². The molecule has 0 unspecified atom stereocenters. The standard InChI is InChI=1S/C52H106N5O7PS/c1-5-9-13-17-21-25-29-40-56(41-30-26-22-18-14-10-6-2)44-38-54-51(59)35-47-65(61,46-34-50(58)53-37-33-49-66(62,63)64)48-36-52(60)55-39-45-57(42-31-27-23-19-15-11-7-3)43-32-28-24-20-16-12-8-4/h5-49H2,1-4H3,(H,53,58)(H,54,59)(H,55,60)(H,62,63,64). The fourth-order valence-corrected chi connectivity index (χ4v) is 11.6. The molecule has 0 aromatic rings. The van der Waals surface area contributed by atoms with E-state index in [1.54, 1.807) is 0 Å². The van der Waals surface area contributed by atoms with Gasteiger partial charge >= 0.3 is 0 Å². The Morgan fingerprint density at radius 2 is 0.652 bits per heavy atom. The molecule has 0 fully saturated rings. The third-order valence-electron chi connectivity index (χ3n) is 13.0. The van der Waals surface area contributed by atoms with Crippen LogP contribution in [0.3, 0.4) is 0 Å². The average molecular weight is 976 g/mol. The van der Waals surface area contributed by atoms with Gasteiger partial charge in [-0.05, 0) is 58.3 Å². The van der Waals surface area contributed by atoms with Gasteiger partial charge in [0.05, 0.1) is 12.9 Å². The zero-order valence-electron chi connectivity index (χ0n) is 43.5. The van der Waals surface area contributed by atoms with Gasteiger partial charge in [-0.1, -0.05) is 182 Å². The van der Waals surface area contributed by atoms with Crippen LogP contribution in [0, 0.1) is 0 Å². The number of hydrogen-bond donors (Lipinski definition) is 4. The van der Waals surface area contributed by atoms with Crippen molar-refractivity contribution in [1.29, 1.82) is 0 Å². The van der Waals surface area contributed by atoms with Gasteiger partial charge in [-0.2, -0.15) is 8.42 Å². The van der Waals surface area contributed by atoms with Crippen LogP contribution in [0.2, 0.25) is 0 Å². The molecular weight excluding hydrogens is 870 g/mol. The number of nitrogens with zero attached hydrogens (tertiary/aromatic N) is 2. The van der Waals surface area contributed by atoms with E-state index in [2.05, 4.69) is 53.4 Å². The second kappa shape index (κ2) is 45.9. The Labute approximate surface area is 407 Å². The van der Waals surface area contributed by atoms with Gasteiger partial charge < -0.3 is 30.3 Å². The van der Waals surface area contributed by atoms with E-state index in [-0.39, 0.29) is 68.4 Å². The van der Waals surface area contributed by atoms with Crippen LogP contribution < -0.4 is 16.0 Å². The Hall–Kier alpha value is -1.53. The van der Waals surface area contributed by atoms with E-state index in [1.165, 1.54) is 154 Å². The molecule has 0 aromatic heterocycles. The number of rotatable bonds is 51. The summed E-state index contributed by atoms with van der Waals surface area (Å²) in [7, 11) is -7.23. The van der Waals surface area contributed by atoms with Crippen molar-refractivity contribution in [3.05, 3.63) is 0 Å². The van der Waals surface area contributed by atoms with Crippen LogP contribution in [-0.2, 0) is 29.1 Å². The second-order valence-electron chi connectivity index (χ2n) is 19.3. The number of amides is 3. The minimum Gasteiger partial charge on any atom is -0.356 e. The van der Waals surface area contributed by atoms with E-state index in [0.717, 1.165) is 65.0 Å².